The molecule has 0 bridgehead atoms. The van der Waals surface area contributed by atoms with Gasteiger partial charge in [-0.15, -0.1) is 0 Å². The van der Waals surface area contributed by atoms with Gasteiger partial charge in [0.2, 0.25) is 0 Å². The van der Waals surface area contributed by atoms with Crippen molar-refractivity contribution in [2.75, 3.05) is 7.11 Å². The number of carbonyl (C=O) groups is 2. The summed E-state index contributed by atoms with van der Waals surface area (Å²) in [6, 6.07) is 8.11. The lowest BCUT2D eigenvalue weighted by Crippen LogP contribution is -2.44. The second kappa shape index (κ2) is 6.35. The number of nitrogens with zero attached hydrogens (tertiary/aromatic N) is 2. The Labute approximate surface area is 139 Å². The maximum atomic E-state index is 12.7. The molecule has 1 heterocycles. The zero-order chi connectivity index (χ0) is 17.3. The van der Waals surface area contributed by atoms with Gasteiger partial charge in [-0.05, 0) is 50.1 Å². The monoisotopic (exact) mass is 329 g/mol. The topological polar surface area (TPSA) is 95.5 Å². The summed E-state index contributed by atoms with van der Waals surface area (Å²) in [6.45, 7) is 1.53. The predicted octanol–water partition coefficient (Wildman–Crippen LogP) is 2.16. The Morgan fingerprint density at radius 1 is 1.33 bits per heavy atom. The molecule has 2 aromatic rings. The van der Waals surface area contributed by atoms with Gasteiger partial charge in [0.05, 0.1) is 12.8 Å². The highest BCUT2D eigenvalue weighted by molar-refractivity contribution is 5.96. The number of aromatic amines is 1. The van der Waals surface area contributed by atoms with Crippen molar-refractivity contribution in [1.29, 1.82) is 0 Å². The van der Waals surface area contributed by atoms with E-state index in [1.807, 2.05) is 24.3 Å². The zero-order valence-corrected chi connectivity index (χ0v) is 13.5. The molecule has 0 saturated heterocycles. The number of hydrogen-bond acceptors (Lipinski definition) is 4. The molecular weight excluding hydrogens is 310 g/mol. The molecule has 0 radical (unpaired) electrons. The normalized spacial score (nSPS) is 14.9. The highest BCUT2D eigenvalue weighted by Crippen LogP contribution is 2.30. The Balaban J connectivity index is 1.83. The van der Waals surface area contributed by atoms with Crippen LogP contribution in [0.3, 0.4) is 0 Å². The van der Waals surface area contributed by atoms with E-state index >= 15 is 0 Å². The summed E-state index contributed by atoms with van der Waals surface area (Å²) in [5.74, 6) is -0.606. The number of hydrogen-bond donors (Lipinski definition) is 2. The zero-order valence-electron chi connectivity index (χ0n) is 13.5. The van der Waals surface area contributed by atoms with Crippen molar-refractivity contribution in [2.24, 2.45) is 0 Å². The summed E-state index contributed by atoms with van der Waals surface area (Å²) in [5, 5.41) is 16.1. The lowest BCUT2D eigenvalue weighted by Gasteiger charge is -2.25. The first-order valence-electron chi connectivity index (χ1n) is 7.76. The van der Waals surface area contributed by atoms with E-state index in [9.17, 15) is 14.7 Å². The molecule has 1 aromatic heterocycles. The van der Waals surface area contributed by atoms with Crippen LogP contribution in [0.1, 0.15) is 30.3 Å². The lowest BCUT2D eigenvalue weighted by molar-refractivity contribution is -0.141. The summed E-state index contributed by atoms with van der Waals surface area (Å²) in [7, 11) is 1.59. The maximum absolute atomic E-state index is 12.7. The molecule has 7 nitrogen and oxygen atoms in total. The third-order valence-corrected chi connectivity index (χ3v) is 4.14. The molecule has 1 aliphatic carbocycles. The Morgan fingerprint density at radius 3 is 2.54 bits per heavy atom. The van der Waals surface area contributed by atoms with Crippen molar-refractivity contribution in [3.63, 3.8) is 0 Å². The van der Waals surface area contributed by atoms with E-state index in [1.165, 1.54) is 11.8 Å². The molecular formula is C17H19N3O4. The highest BCUT2D eigenvalue weighted by Gasteiger charge is 2.39. The van der Waals surface area contributed by atoms with Crippen LogP contribution < -0.4 is 4.74 Å². The van der Waals surface area contributed by atoms with Crippen molar-refractivity contribution in [2.45, 2.75) is 31.8 Å². The average molecular weight is 329 g/mol. The van der Waals surface area contributed by atoms with Crippen LogP contribution in [0.4, 0.5) is 0 Å². The second-order valence-corrected chi connectivity index (χ2v) is 5.85. The van der Waals surface area contributed by atoms with Crippen LogP contribution in [0, 0.1) is 0 Å². The first-order valence-corrected chi connectivity index (χ1v) is 7.76. The number of carboxylic acid groups (broad SMARTS) is 1. The molecule has 1 fully saturated rings. The number of methoxy groups -OCH3 is 1. The van der Waals surface area contributed by atoms with E-state index < -0.39 is 12.0 Å². The fourth-order valence-electron chi connectivity index (χ4n) is 2.61. The van der Waals surface area contributed by atoms with Crippen molar-refractivity contribution < 1.29 is 19.4 Å². The molecule has 24 heavy (non-hydrogen) atoms. The van der Waals surface area contributed by atoms with Gasteiger partial charge in [-0.25, -0.2) is 4.79 Å². The first-order chi connectivity index (χ1) is 11.5. The van der Waals surface area contributed by atoms with Crippen LogP contribution in [0.25, 0.3) is 11.3 Å². The molecule has 1 amide bonds. The van der Waals surface area contributed by atoms with E-state index in [-0.39, 0.29) is 11.9 Å². The van der Waals surface area contributed by atoms with Gasteiger partial charge in [-0.2, -0.15) is 5.10 Å². The molecule has 126 valence electrons. The lowest BCUT2D eigenvalue weighted by atomic mass is 10.1. The summed E-state index contributed by atoms with van der Waals surface area (Å²) in [6.07, 6.45) is 1.67. The van der Waals surface area contributed by atoms with Gasteiger partial charge >= 0.3 is 5.97 Å². The van der Waals surface area contributed by atoms with Gasteiger partial charge in [0.25, 0.3) is 5.91 Å². The number of benzene rings is 1. The fraction of sp³-hybridized carbons (Fsp3) is 0.353. The van der Waals surface area contributed by atoms with Crippen LogP contribution in [0.15, 0.2) is 30.3 Å². The van der Waals surface area contributed by atoms with Gasteiger partial charge in [0, 0.05) is 11.6 Å². The summed E-state index contributed by atoms with van der Waals surface area (Å²) in [5.41, 5.74) is 1.76. The number of amides is 1. The maximum Gasteiger partial charge on any atom is 0.326 e. The van der Waals surface area contributed by atoms with Gasteiger partial charge in [-0.1, -0.05) is 0 Å². The number of rotatable bonds is 6. The number of ether oxygens (including phenoxy) is 1. The van der Waals surface area contributed by atoms with Gasteiger partial charge in [0.15, 0.2) is 0 Å². The minimum Gasteiger partial charge on any atom is -0.497 e. The van der Waals surface area contributed by atoms with Crippen molar-refractivity contribution in [3.05, 3.63) is 36.0 Å². The van der Waals surface area contributed by atoms with E-state index in [0.717, 1.165) is 24.2 Å². The molecule has 1 atom stereocenters. The largest absolute Gasteiger partial charge is 0.497 e. The summed E-state index contributed by atoms with van der Waals surface area (Å²) in [4.78, 5) is 25.4. The Morgan fingerprint density at radius 2 is 2.00 bits per heavy atom. The minimum atomic E-state index is -1.01. The molecule has 1 aromatic carbocycles. The van der Waals surface area contributed by atoms with Crippen LogP contribution in [-0.4, -0.2) is 51.3 Å². The van der Waals surface area contributed by atoms with Crippen LogP contribution in [0.5, 0.6) is 5.75 Å². The number of H-pyrrole nitrogens is 1. The summed E-state index contributed by atoms with van der Waals surface area (Å²) < 4.78 is 5.12. The molecule has 1 saturated carbocycles. The van der Waals surface area contributed by atoms with Crippen molar-refractivity contribution in [3.8, 4) is 17.0 Å². The highest BCUT2D eigenvalue weighted by atomic mass is 16.5. The van der Waals surface area contributed by atoms with Crippen LogP contribution in [-0.2, 0) is 4.79 Å². The average Bonchev–Trinajstić information content (AvgIpc) is 3.29. The number of carbonyl (C=O) groups excluding carboxylic acids is 1. The van der Waals surface area contributed by atoms with Crippen molar-refractivity contribution >= 4 is 11.9 Å². The van der Waals surface area contributed by atoms with E-state index in [1.54, 1.807) is 13.2 Å². The third kappa shape index (κ3) is 3.10. The third-order valence-electron chi connectivity index (χ3n) is 4.14. The van der Waals surface area contributed by atoms with Gasteiger partial charge < -0.3 is 14.7 Å². The Kier molecular flexibility index (Phi) is 4.24. The predicted molar refractivity (Wildman–Crippen MR) is 86.9 cm³/mol. The number of carboxylic acids is 1. The van der Waals surface area contributed by atoms with Crippen molar-refractivity contribution in [1.82, 2.24) is 15.1 Å². The molecule has 2 N–H and O–H groups in total. The fourth-order valence-corrected chi connectivity index (χ4v) is 2.61. The Hall–Kier alpha value is -2.83. The molecule has 1 aliphatic rings. The smallest absolute Gasteiger partial charge is 0.326 e. The quantitative estimate of drug-likeness (QED) is 0.847. The number of aliphatic carboxylic acids is 1. The first kappa shape index (κ1) is 16.0. The molecule has 0 aliphatic heterocycles. The van der Waals surface area contributed by atoms with E-state index in [4.69, 9.17) is 4.74 Å². The standard InChI is InChI=1S/C17H19N3O4/c1-10(17(22)23)20(12-5-6-12)16(21)15-9-14(18-19-15)11-3-7-13(24-2)8-4-11/h3-4,7-10,12H,5-6H2,1-2H3,(H,18,19)(H,22,23). The Bertz CT molecular complexity index is 749. The van der Waals surface area contributed by atoms with E-state index in [2.05, 4.69) is 10.2 Å². The minimum absolute atomic E-state index is 0.00339. The van der Waals surface area contributed by atoms with E-state index in [0.29, 0.717) is 11.4 Å². The molecule has 3 rings (SSSR count). The second-order valence-electron chi connectivity index (χ2n) is 5.85. The molecule has 1 unspecified atom stereocenters. The number of nitrogens with one attached hydrogen (secondary N) is 1. The molecule has 0 spiro atoms. The van der Waals surface area contributed by atoms with Gasteiger partial charge in [-0.3, -0.25) is 9.89 Å². The SMILES string of the molecule is COc1ccc(-c2cc(C(=O)N(C3CC3)C(C)C(=O)O)[nH]n2)cc1. The van der Waals surface area contributed by atoms with Crippen LogP contribution in [0.2, 0.25) is 0 Å². The summed E-state index contributed by atoms with van der Waals surface area (Å²) >= 11 is 0. The van der Waals surface area contributed by atoms with Crippen LogP contribution >= 0.6 is 0 Å². The number of aromatic nitrogens is 2. The van der Waals surface area contributed by atoms with Gasteiger partial charge in [0.1, 0.15) is 17.5 Å². The molecule has 7 heteroatoms.